The highest BCUT2D eigenvalue weighted by molar-refractivity contribution is 7.92. The van der Waals surface area contributed by atoms with Gasteiger partial charge in [0.1, 0.15) is 0 Å². The molecule has 2 aromatic rings. The van der Waals surface area contributed by atoms with Gasteiger partial charge in [-0.3, -0.25) is 9.52 Å². The van der Waals surface area contributed by atoms with Crippen LogP contribution in [0.25, 0.3) is 0 Å². The molecule has 0 unspecified atom stereocenters. The topological polar surface area (TPSA) is 113 Å². The van der Waals surface area contributed by atoms with Gasteiger partial charge in [-0.15, -0.1) is 0 Å². The van der Waals surface area contributed by atoms with E-state index in [-0.39, 0.29) is 10.8 Å². The van der Waals surface area contributed by atoms with E-state index in [1.807, 2.05) is 19.1 Å². The van der Waals surface area contributed by atoms with Gasteiger partial charge in [0, 0.05) is 17.3 Å². The summed E-state index contributed by atoms with van der Waals surface area (Å²) >= 11 is 6.05. The van der Waals surface area contributed by atoms with Crippen LogP contribution in [0.4, 0.5) is 18.9 Å². The predicted molar refractivity (Wildman–Crippen MR) is 126 cm³/mol. The minimum atomic E-state index is -5.08. The molecule has 0 aliphatic heterocycles. The molecule has 192 valence electrons. The molecule has 0 radical (unpaired) electrons. The van der Waals surface area contributed by atoms with Gasteiger partial charge in [0.2, 0.25) is 5.91 Å². The summed E-state index contributed by atoms with van der Waals surface area (Å²) in [5, 5.41) is 10.5. The third-order valence-electron chi connectivity index (χ3n) is 5.24. The molecule has 12 heteroatoms. The lowest BCUT2D eigenvalue weighted by atomic mass is 9.94. The number of halogens is 4. The van der Waals surface area contributed by atoms with Gasteiger partial charge in [-0.1, -0.05) is 43.6 Å². The summed E-state index contributed by atoms with van der Waals surface area (Å²) in [6.07, 6.45) is -3.46. The van der Waals surface area contributed by atoms with Gasteiger partial charge >= 0.3 is 12.1 Å². The number of amides is 1. The molecule has 3 N–H and O–H groups in total. The normalized spacial score (nSPS) is 14.5. The van der Waals surface area contributed by atoms with Gasteiger partial charge in [0.05, 0.1) is 10.3 Å². The van der Waals surface area contributed by atoms with Crippen LogP contribution in [0, 0.1) is 12.8 Å². The van der Waals surface area contributed by atoms with Crippen LogP contribution in [-0.2, 0) is 25.0 Å². The van der Waals surface area contributed by atoms with Crippen molar-refractivity contribution in [2.75, 3.05) is 11.3 Å². The highest BCUT2D eigenvalue weighted by atomic mass is 35.5. The largest absolute Gasteiger partial charge is 0.490 e. The molecule has 35 heavy (non-hydrogen) atoms. The second-order valence-electron chi connectivity index (χ2n) is 8.58. The van der Waals surface area contributed by atoms with E-state index in [0.717, 1.165) is 24.0 Å². The van der Waals surface area contributed by atoms with Crippen LogP contribution >= 0.6 is 11.6 Å². The van der Waals surface area contributed by atoms with Crippen LogP contribution in [-0.4, -0.2) is 38.1 Å². The molecule has 1 fully saturated rings. The van der Waals surface area contributed by atoms with Gasteiger partial charge in [-0.05, 0) is 61.1 Å². The first-order valence-corrected chi connectivity index (χ1v) is 12.4. The number of hydrogen-bond donors (Lipinski definition) is 3. The molecule has 1 aliphatic rings. The highest BCUT2D eigenvalue weighted by Gasteiger charge is 2.51. The maximum absolute atomic E-state index is 12.6. The zero-order valence-corrected chi connectivity index (χ0v) is 20.8. The molecule has 0 saturated heterocycles. The summed E-state index contributed by atoms with van der Waals surface area (Å²) in [6.45, 7) is 6.58. The van der Waals surface area contributed by atoms with Gasteiger partial charge in [0.15, 0.2) is 0 Å². The first-order chi connectivity index (χ1) is 16.1. The molecule has 2 aromatic carbocycles. The van der Waals surface area contributed by atoms with Gasteiger partial charge in [0.25, 0.3) is 10.0 Å². The summed E-state index contributed by atoms with van der Waals surface area (Å²) in [5.41, 5.74) is 1.70. The fraction of sp³-hybridized carbons (Fsp3) is 0.391. The first-order valence-electron chi connectivity index (χ1n) is 10.6. The molecule has 0 atom stereocenters. The lowest BCUT2D eigenvalue weighted by molar-refractivity contribution is -0.192. The zero-order valence-electron chi connectivity index (χ0n) is 19.2. The van der Waals surface area contributed by atoms with Crippen LogP contribution in [0.5, 0.6) is 0 Å². The number of hydrogen-bond acceptors (Lipinski definition) is 4. The Morgan fingerprint density at radius 2 is 1.66 bits per heavy atom. The lowest BCUT2D eigenvalue weighted by Crippen LogP contribution is -2.36. The van der Waals surface area contributed by atoms with Crippen LogP contribution in [0.1, 0.15) is 37.8 Å². The zero-order chi connectivity index (χ0) is 26.6. The van der Waals surface area contributed by atoms with Crippen molar-refractivity contribution in [3.63, 3.8) is 0 Å². The number of benzene rings is 2. The van der Waals surface area contributed by atoms with Crippen molar-refractivity contribution in [2.45, 2.75) is 50.1 Å². The maximum Gasteiger partial charge on any atom is 0.490 e. The predicted octanol–water partition coefficient (Wildman–Crippen LogP) is 4.89. The quantitative estimate of drug-likeness (QED) is 0.468. The van der Waals surface area contributed by atoms with E-state index >= 15 is 0 Å². The Hall–Kier alpha value is -2.79. The fourth-order valence-corrected chi connectivity index (χ4v) is 4.38. The summed E-state index contributed by atoms with van der Waals surface area (Å²) < 4.78 is 59.5. The van der Waals surface area contributed by atoms with E-state index in [1.54, 1.807) is 18.2 Å². The molecule has 0 heterocycles. The Kier molecular flexibility index (Phi) is 8.83. The Balaban J connectivity index is 0.000000540. The number of aryl methyl sites for hydroxylation is 1. The molecule has 0 bridgehead atoms. The number of rotatable bonds is 7. The van der Waals surface area contributed by atoms with Crippen LogP contribution in [0.15, 0.2) is 47.4 Å². The van der Waals surface area contributed by atoms with E-state index < -0.39 is 27.6 Å². The third kappa shape index (κ3) is 7.60. The number of aliphatic carboxylic acids is 1. The van der Waals surface area contributed by atoms with Crippen molar-refractivity contribution in [2.24, 2.45) is 5.92 Å². The van der Waals surface area contributed by atoms with Gasteiger partial charge < -0.3 is 10.4 Å². The maximum atomic E-state index is 12.6. The van der Waals surface area contributed by atoms with E-state index in [4.69, 9.17) is 21.5 Å². The van der Waals surface area contributed by atoms with Crippen LogP contribution in [0.3, 0.4) is 0 Å². The van der Waals surface area contributed by atoms with Crippen molar-refractivity contribution in [3.05, 3.63) is 58.6 Å². The number of nitrogens with one attached hydrogen (secondary N) is 2. The Labute approximate surface area is 206 Å². The molecule has 1 saturated carbocycles. The van der Waals surface area contributed by atoms with Crippen molar-refractivity contribution in [3.8, 4) is 0 Å². The summed E-state index contributed by atoms with van der Waals surface area (Å²) in [4.78, 5) is 21.6. The molecule has 0 spiro atoms. The Morgan fingerprint density at radius 1 is 1.11 bits per heavy atom. The summed E-state index contributed by atoms with van der Waals surface area (Å²) in [5.74, 6) is -2.32. The van der Waals surface area contributed by atoms with E-state index in [9.17, 15) is 26.4 Å². The highest BCUT2D eigenvalue weighted by Crippen LogP contribution is 2.48. The van der Waals surface area contributed by atoms with Crippen molar-refractivity contribution >= 4 is 39.2 Å². The number of anilines is 1. The van der Waals surface area contributed by atoms with Crippen molar-refractivity contribution < 1.29 is 36.3 Å². The number of carboxylic acids is 1. The molecular weight excluding hydrogens is 509 g/mol. The smallest absolute Gasteiger partial charge is 0.475 e. The number of carbonyl (C=O) groups excluding carboxylic acids is 1. The summed E-state index contributed by atoms with van der Waals surface area (Å²) in [6, 6.07) is 11.7. The van der Waals surface area contributed by atoms with E-state index in [0.29, 0.717) is 23.2 Å². The average Bonchev–Trinajstić information content (AvgIpc) is 3.56. The molecule has 3 rings (SSSR count). The first kappa shape index (κ1) is 28.4. The van der Waals surface area contributed by atoms with Crippen LogP contribution < -0.4 is 10.0 Å². The fourth-order valence-electron chi connectivity index (χ4n) is 3.05. The number of carboxylic acid groups (broad SMARTS) is 1. The van der Waals surface area contributed by atoms with Crippen molar-refractivity contribution in [1.29, 1.82) is 0 Å². The second kappa shape index (κ2) is 10.9. The molecule has 7 nitrogen and oxygen atoms in total. The second-order valence-corrected chi connectivity index (χ2v) is 10.7. The molecule has 1 amide bonds. The lowest BCUT2D eigenvalue weighted by Gasteiger charge is -2.17. The number of sulfonamides is 1. The number of alkyl halides is 3. The standard InChI is InChI=1S/C21H25ClN2O3S.C2HF3O2/c1-14(2)13-23-20(25)21(10-11-21)16-5-7-17(8-6-16)24-28(26,27)18-9-4-15(3)19(22)12-18;3-2(4,5)1(6)7/h4-9,12,14,24H,10-11,13H2,1-3H3,(H,23,25);(H,6,7). The van der Waals surface area contributed by atoms with Crippen LogP contribution in [0.2, 0.25) is 5.02 Å². The SMILES string of the molecule is Cc1ccc(S(=O)(=O)Nc2ccc(C3(C(=O)NCC(C)C)CC3)cc2)cc1Cl.O=C(O)C(F)(F)F. The van der Waals surface area contributed by atoms with Crippen molar-refractivity contribution in [1.82, 2.24) is 5.32 Å². The Morgan fingerprint density at radius 3 is 2.09 bits per heavy atom. The van der Waals surface area contributed by atoms with E-state index in [1.165, 1.54) is 12.1 Å². The molecule has 0 aromatic heterocycles. The molecule has 1 aliphatic carbocycles. The van der Waals surface area contributed by atoms with E-state index in [2.05, 4.69) is 23.9 Å². The van der Waals surface area contributed by atoms with Gasteiger partial charge in [-0.25, -0.2) is 13.2 Å². The minimum absolute atomic E-state index is 0.0452. The monoisotopic (exact) mass is 534 g/mol. The Bertz CT molecular complexity index is 1180. The molecular formula is C23H26ClF3N2O5S. The summed E-state index contributed by atoms with van der Waals surface area (Å²) in [7, 11) is -3.73. The minimum Gasteiger partial charge on any atom is -0.475 e. The third-order valence-corrected chi connectivity index (χ3v) is 7.03. The average molecular weight is 535 g/mol. The number of carbonyl (C=O) groups is 2. The van der Waals surface area contributed by atoms with Gasteiger partial charge in [-0.2, -0.15) is 13.2 Å².